The maximum absolute atomic E-state index is 15.1. The molecular weight excluding hydrogens is 621 g/mol. The first kappa shape index (κ1) is 35.7. The molecule has 0 spiro atoms. The van der Waals surface area contributed by atoms with Gasteiger partial charge in [0.15, 0.2) is 11.6 Å². The number of nitrogens with one attached hydrogen (secondary N) is 5. The zero-order chi connectivity index (χ0) is 32.2. The van der Waals surface area contributed by atoms with E-state index in [0.29, 0.717) is 11.1 Å². The van der Waals surface area contributed by atoms with Crippen molar-refractivity contribution in [3.8, 4) is 5.75 Å². The number of imide groups is 1. The Balaban J connectivity index is 1.75. The van der Waals surface area contributed by atoms with Crippen molar-refractivity contribution in [2.24, 2.45) is 0 Å². The van der Waals surface area contributed by atoms with Crippen molar-refractivity contribution >= 4 is 32.7 Å². The third-order valence-corrected chi connectivity index (χ3v) is 10.5. The van der Waals surface area contributed by atoms with Crippen LogP contribution in [0, 0.1) is 5.82 Å². The molecule has 1 aliphatic rings. The van der Waals surface area contributed by atoms with E-state index in [4.69, 9.17) is 23.2 Å². The SMILES string of the molecule is CCNOP(=O)(ONCC)C(Nc1ccc(OCCCN2C(=O)c3ccccc3C2=O)c(F)c1)P(=O)(ONCC)ONCC. The number of amides is 2. The van der Waals surface area contributed by atoms with Crippen LogP contribution in [-0.4, -0.2) is 61.6 Å². The summed E-state index contributed by atoms with van der Waals surface area (Å²) in [4.78, 5) is 26.2. The minimum absolute atomic E-state index is 0.00420. The molecule has 0 atom stereocenters. The minimum Gasteiger partial charge on any atom is -0.490 e. The van der Waals surface area contributed by atoms with Crippen LogP contribution in [0.4, 0.5) is 10.1 Å². The van der Waals surface area contributed by atoms with Crippen molar-refractivity contribution in [2.45, 2.75) is 39.6 Å². The summed E-state index contributed by atoms with van der Waals surface area (Å²) in [5.74, 6) is -1.70. The first-order valence-corrected chi connectivity index (χ1v) is 17.4. The number of fused-ring (bicyclic) bond motifs is 1. The highest BCUT2D eigenvalue weighted by Crippen LogP contribution is 2.68. The van der Waals surface area contributed by atoms with E-state index in [2.05, 4.69) is 27.2 Å². The average molecular weight is 661 g/mol. The van der Waals surface area contributed by atoms with Gasteiger partial charge in [0.05, 0.1) is 17.7 Å². The van der Waals surface area contributed by atoms with Gasteiger partial charge in [-0.1, -0.05) is 39.8 Å². The molecule has 2 aromatic carbocycles. The third kappa shape index (κ3) is 8.92. The van der Waals surface area contributed by atoms with E-state index in [1.807, 2.05) is 0 Å². The molecule has 0 aliphatic carbocycles. The maximum atomic E-state index is 15.1. The normalized spacial score (nSPS) is 13.5. The topological polar surface area (TPSA) is 178 Å². The second kappa shape index (κ2) is 17.1. The number of anilines is 1. The van der Waals surface area contributed by atoms with Crippen molar-refractivity contribution in [1.29, 1.82) is 0 Å². The van der Waals surface area contributed by atoms with Crippen LogP contribution in [0.5, 0.6) is 5.75 Å². The minimum atomic E-state index is -4.46. The number of carbonyl (C=O) groups excluding carboxylic acids is 2. The molecule has 0 saturated heterocycles. The summed E-state index contributed by atoms with van der Waals surface area (Å²) in [6.07, 6.45) is 0.256. The number of ether oxygens (including phenoxy) is 1. The zero-order valence-corrected chi connectivity index (χ0v) is 26.8. The van der Waals surface area contributed by atoms with Gasteiger partial charge in [0.25, 0.3) is 11.8 Å². The van der Waals surface area contributed by atoms with Gasteiger partial charge in [0, 0.05) is 44.5 Å². The number of hydroxylamine groups is 4. The second-order valence-corrected chi connectivity index (χ2v) is 13.4. The standard InChI is InChI=1S/C26H39FN6O9P2/c1-5-28-39-43(36,40-29-6-2)26(44(37,41-30-7-3)42-31-8-4)32-19-14-15-23(22(27)18-19)38-17-11-16-33-24(34)20-12-9-10-13-21(20)25(33)35/h9-10,12-15,18,26,28-32H,5-8,11,16-17H2,1-4H3. The van der Waals surface area contributed by atoms with E-state index in [0.717, 1.165) is 11.0 Å². The number of hydrogen-bond donors (Lipinski definition) is 5. The maximum Gasteiger partial charge on any atom is 0.397 e. The van der Waals surface area contributed by atoms with Gasteiger partial charge in [-0.05, 0) is 30.7 Å². The van der Waals surface area contributed by atoms with E-state index in [9.17, 15) is 18.7 Å². The molecule has 18 heteroatoms. The van der Waals surface area contributed by atoms with Gasteiger partial charge in [-0.25, -0.2) is 22.9 Å². The molecule has 2 aromatic rings. The fourth-order valence-electron chi connectivity index (χ4n) is 3.89. The Kier molecular flexibility index (Phi) is 13.9. The molecule has 2 amide bonds. The quantitative estimate of drug-likeness (QED) is 0.0559. The highest BCUT2D eigenvalue weighted by Gasteiger charge is 2.53. The fraction of sp³-hybridized carbons (Fsp3) is 0.462. The Morgan fingerprint density at radius 1 is 0.773 bits per heavy atom. The predicted octanol–water partition coefficient (Wildman–Crippen LogP) is 4.14. The van der Waals surface area contributed by atoms with Crippen LogP contribution in [0.1, 0.15) is 54.8 Å². The van der Waals surface area contributed by atoms with Gasteiger partial charge in [-0.2, -0.15) is 21.9 Å². The molecule has 0 radical (unpaired) electrons. The molecule has 1 heterocycles. The summed E-state index contributed by atoms with van der Waals surface area (Å²) in [6, 6.07) is 10.3. The monoisotopic (exact) mass is 660 g/mol. The number of halogens is 1. The summed E-state index contributed by atoms with van der Waals surface area (Å²) in [5, 5.41) is 2.72. The highest BCUT2D eigenvalue weighted by molar-refractivity contribution is 7.72. The third-order valence-electron chi connectivity index (χ3n) is 5.83. The molecule has 0 unspecified atom stereocenters. The molecule has 0 fully saturated rings. The molecule has 15 nitrogen and oxygen atoms in total. The summed E-state index contributed by atoms with van der Waals surface area (Å²) in [7, 11) is -8.92. The first-order valence-electron chi connectivity index (χ1n) is 14.1. The number of benzene rings is 2. The van der Waals surface area contributed by atoms with Crippen molar-refractivity contribution < 1.29 is 46.3 Å². The Morgan fingerprint density at radius 2 is 1.25 bits per heavy atom. The number of hydrogen-bond acceptors (Lipinski definition) is 14. The van der Waals surface area contributed by atoms with E-state index in [1.165, 1.54) is 12.1 Å². The number of nitrogens with zero attached hydrogens (tertiary/aromatic N) is 1. The van der Waals surface area contributed by atoms with Gasteiger partial charge < -0.3 is 10.1 Å². The highest BCUT2D eigenvalue weighted by atomic mass is 31.2. The van der Waals surface area contributed by atoms with Crippen LogP contribution in [0.25, 0.3) is 0 Å². The summed E-state index contributed by atoms with van der Waals surface area (Å²) in [6.45, 7) is 7.67. The van der Waals surface area contributed by atoms with E-state index >= 15 is 4.39 Å². The number of carbonyl (C=O) groups is 2. The lowest BCUT2D eigenvalue weighted by molar-refractivity contribution is 0.0645. The molecule has 1 aliphatic heterocycles. The molecule has 0 bridgehead atoms. The van der Waals surface area contributed by atoms with Gasteiger partial charge >= 0.3 is 15.2 Å². The molecular formula is C26H39FN6O9P2. The van der Waals surface area contributed by atoms with Crippen LogP contribution in [-0.2, 0) is 27.6 Å². The summed E-state index contributed by atoms with van der Waals surface area (Å²) < 4.78 is 69.9. The Hall–Kier alpha value is -2.75. The largest absolute Gasteiger partial charge is 0.490 e. The second-order valence-electron chi connectivity index (χ2n) is 9.11. The molecule has 0 aromatic heterocycles. The van der Waals surface area contributed by atoms with Crippen LogP contribution in [0.3, 0.4) is 0 Å². The smallest absolute Gasteiger partial charge is 0.397 e. The summed E-state index contributed by atoms with van der Waals surface area (Å²) in [5.41, 5.74) is 8.69. The van der Waals surface area contributed by atoms with Crippen molar-refractivity contribution in [2.75, 3.05) is 44.6 Å². The predicted molar refractivity (Wildman–Crippen MR) is 160 cm³/mol. The average Bonchev–Trinajstić information content (AvgIpc) is 3.27. The first-order chi connectivity index (χ1) is 21.1. The summed E-state index contributed by atoms with van der Waals surface area (Å²) >= 11 is 0. The van der Waals surface area contributed by atoms with Crippen LogP contribution >= 0.6 is 15.2 Å². The van der Waals surface area contributed by atoms with Gasteiger partial charge in [-0.15, -0.1) is 0 Å². The Labute approximate surface area is 255 Å². The van der Waals surface area contributed by atoms with E-state index < -0.39 is 26.5 Å². The molecule has 0 saturated carbocycles. The number of rotatable bonds is 21. The van der Waals surface area contributed by atoms with E-state index in [-0.39, 0.29) is 69.0 Å². The van der Waals surface area contributed by atoms with Crippen molar-refractivity contribution in [3.63, 3.8) is 0 Å². The molecule has 244 valence electrons. The van der Waals surface area contributed by atoms with E-state index in [1.54, 1.807) is 52.0 Å². The molecule has 44 heavy (non-hydrogen) atoms. The lowest BCUT2D eigenvalue weighted by Crippen LogP contribution is -2.33. The van der Waals surface area contributed by atoms with Crippen LogP contribution < -0.4 is 32.0 Å². The zero-order valence-electron chi connectivity index (χ0n) is 25.0. The Morgan fingerprint density at radius 3 is 1.68 bits per heavy atom. The molecule has 5 N–H and O–H groups in total. The fourth-order valence-corrected chi connectivity index (χ4v) is 8.17. The van der Waals surface area contributed by atoms with Crippen molar-refractivity contribution in [1.82, 2.24) is 26.8 Å². The Bertz CT molecular complexity index is 1280. The van der Waals surface area contributed by atoms with Crippen LogP contribution in [0.2, 0.25) is 0 Å². The van der Waals surface area contributed by atoms with Crippen LogP contribution in [0.15, 0.2) is 42.5 Å². The lowest BCUT2D eigenvalue weighted by Gasteiger charge is -2.31. The molecule has 3 rings (SSSR count). The van der Waals surface area contributed by atoms with Gasteiger partial charge in [-0.3, -0.25) is 23.6 Å². The van der Waals surface area contributed by atoms with Gasteiger partial charge in [0.1, 0.15) is 0 Å². The lowest BCUT2D eigenvalue weighted by atomic mass is 10.1. The van der Waals surface area contributed by atoms with Gasteiger partial charge in [0.2, 0.25) is 5.52 Å². The van der Waals surface area contributed by atoms with Crippen molar-refractivity contribution in [3.05, 3.63) is 59.4 Å².